The highest BCUT2D eigenvalue weighted by atomic mass is 16.6. The van der Waals surface area contributed by atoms with E-state index in [1.165, 1.54) is 12.1 Å². The van der Waals surface area contributed by atoms with E-state index in [2.05, 4.69) is 4.84 Å². The van der Waals surface area contributed by atoms with Gasteiger partial charge in [-0.25, -0.2) is 0 Å². The SMILES string of the molecule is NOc1c(N)ccc(N)c1C(N)=O. The van der Waals surface area contributed by atoms with Crippen LogP contribution >= 0.6 is 0 Å². The number of carbonyl (C=O) groups is 1. The number of carbonyl (C=O) groups excluding carboxylic acids is 1. The quantitative estimate of drug-likeness (QED) is 0.351. The zero-order valence-electron chi connectivity index (χ0n) is 6.78. The van der Waals surface area contributed by atoms with Gasteiger partial charge in [0.15, 0.2) is 5.75 Å². The molecule has 0 radical (unpaired) electrons. The van der Waals surface area contributed by atoms with Crippen molar-refractivity contribution >= 4 is 17.3 Å². The summed E-state index contributed by atoms with van der Waals surface area (Å²) in [5, 5.41) is 0. The molecule has 0 fully saturated rings. The lowest BCUT2D eigenvalue weighted by Gasteiger charge is -2.09. The molecule has 0 aliphatic heterocycles. The van der Waals surface area contributed by atoms with Gasteiger partial charge in [0.25, 0.3) is 5.91 Å². The molecule has 1 aromatic carbocycles. The number of amides is 1. The smallest absolute Gasteiger partial charge is 0.254 e. The molecule has 0 aliphatic carbocycles. The second-order valence-electron chi connectivity index (χ2n) is 2.43. The minimum atomic E-state index is -0.731. The summed E-state index contributed by atoms with van der Waals surface area (Å²) in [6.07, 6.45) is 0. The standard InChI is InChI=1S/C7H10N4O2/c8-3-1-2-4(9)6(13-11)5(3)7(10)12/h1-2H,8-9,11H2,(H2,10,12). The van der Waals surface area contributed by atoms with Gasteiger partial charge in [0.2, 0.25) is 0 Å². The van der Waals surface area contributed by atoms with Crippen LogP contribution in [0.25, 0.3) is 0 Å². The summed E-state index contributed by atoms with van der Waals surface area (Å²) in [6, 6.07) is 2.93. The summed E-state index contributed by atoms with van der Waals surface area (Å²) in [5.74, 6) is 4.19. The van der Waals surface area contributed by atoms with E-state index in [0.29, 0.717) is 0 Å². The molecule has 1 amide bonds. The van der Waals surface area contributed by atoms with Crippen LogP contribution in [0, 0.1) is 0 Å². The number of nitrogens with two attached hydrogens (primary N) is 4. The Labute approximate surface area is 74.4 Å². The fourth-order valence-corrected chi connectivity index (χ4v) is 0.995. The van der Waals surface area contributed by atoms with Gasteiger partial charge >= 0.3 is 0 Å². The number of rotatable bonds is 2. The van der Waals surface area contributed by atoms with E-state index in [1.807, 2.05) is 0 Å². The lowest BCUT2D eigenvalue weighted by molar-refractivity contribution is 0.0997. The molecule has 70 valence electrons. The Bertz CT molecular complexity index is 351. The van der Waals surface area contributed by atoms with Crippen molar-refractivity contribution in [3.63, 3.8) is 0 Å². The fraction of sp³-hybridized carbons (Fsp3) is 0. The second kappa shape index (κ2) is 3.20. The molecular formula is C7H10N4O2. The number of anilines is 2. The van der Waals surface area contributed by atoms with Crippen LogP contribution in [0.15, 0.2) is 12.1 Å². The molecule has 0 bridgehead atoms. The van der Waals surface area contributed by atoms with Crippen LogP contribution < -0.4 is 27.9 Å². The van der Waals surface area contributed by atoms with Crippen LogP contribution in [0.2, 0.25) is 0 Å². The van der Waals surface area contributed by atoms with Crippen LogP contribution in [0.3, 0.4) is 0 Å². The summed E-state index contributed by atoms with van der Waals surface area (Å²) in [5.41, 5.74) is 16.4. The maximum absolute atomic E-state index is 10.9. The summed E-state index contributed by atoms with van der Waals surface area (Å²) in [7, 11) is 0. The van der Waals surface area contributed by atoms with Gasteiger partial charge in [-0.05, 0) is 12.1 Å². The average molecular weight is 182 g/mol. The van der Waals surface area contributed by atoms with Crippen molar-refractivity contribution < 1.29 is 9.63 Å². The van der Waals surface area contributed by atoms with E-state index in [0.717, 1.165) is 0 Å². The maximum Gasteiger partial charge on any atom is 0.254 e. The van der Waals surface area contributed by atoms with E-state index in [4.69, 9.17) is 23.1 Å². The Morgan fingerprint density at radius 2 is 1.77 bits per heavy atom. The normalized spacial score (nSPS) is 9.62. The molecule has 1 rings (SSSR count). The lowest BCUT2D eigenvalue weighted by atomic mass is 10.1. The Hall–Kier alpha value is -1.95. The van der Waals surface area contributed by atoms with Crippen LogP contribution in [0.5, 0.6) is 5.75 Å². The van der Waals surface area contributed by atoms with E-state index in [9.17, 15) is 4.79 Å². The highest BCUT2D eigenvalue weighted by Crippen LogP contribution is 2.29. The first-order valence-corrected chi connectivity index (χ1v) is 3.42. The Balaban J connectivity index is 3.43. The number of hydrogen-bond donors (Lipinski definition) is 4. The first kappa shape index (κ1) is 9.14. The Morgan fingerprint density at radius 1 is 1.23 bits per heavy atom. The van der Waals surface area contributed by atoms with Crippen LogP contribution in [-0.4, -0.2) is 5.91 Å². The first-order valence-electron chi connectivity index (χ1n) is 3.42. The molecule has 8 N–H and O–H groups in total. The molecule has 0 aromatic heterocycles. The largest absolute Gasteiger partial charge is 0.408 e. The molecule has 0 heterocycles. The monoisotopic (exact) mass is 182 g/mol. The second-order valence-corrected chi connectivity index (χ2v) is 2.43. The topological polar surface area (TPSA) is 130 Å². The number of hydrogen-bond acceptors (Lipinski definition) is 5. The summed E-state index contributed by atoms with van der Waals surface area (Å²) >= 11 is 0. The maximum atomic E-state index is 10.9. The fourth-order valence-electron chi connectivity index (χ4n) is 0.995. The molecule has 6 nitrogen and oxygen atoms in total. The van der Waals surface area contributed by atoms with E-state index >= 15 is 0 Å². The van der Waals surface area contributed by atoms with Gasteiger partial charge in [-0.3, -0.25) is 4.79 Å². The molecule has 0 spiro atoms. The van der Waals surface area contributed by atoms with Crippen molar-refractivity contribution in [1.29, 1.82) is 0 Å². The van der Waals surface area contributed by atoms with Gasteiger partial charge < -0.3 is 22.0 Å². The minimum Gasteiger partial charge on any atom is -0.408 e. The molecule has 13 heavy (non-hydrogen) atoms. The van der Waals surface area contributed by atoms with Crippen molar-refractivity contribution in [1.82, 2.24) is 0 Å². The molecule has 0 atom stereocenters. The summed E-state index contributed by atoms with van der Waals surface area (Å²) < 4.78 is 0. The van der Waals surface area contributed by atoms with Crippen LogP contribution in [0.4, 0.5) is 11.4 Å². The molecule has 6 heteroatoms. The molecule has 0 saturated heterocycles. The predicted octanol–water partition coefficient (Wildman–Crippen LogP) is -0.798. The van der Waals surface area contributed by atoms with Crippen molar-refractivity contribution in [3.8, 4) is 5.75 Å². The summed E-state index contributed by atoms with van der Waals surface area (Å²) in [6.45, 7) is 0. The highest BCUT2D eigenvalue weighted by molar-refractivity contribution is 6.02. The van der Waals surface area contributed by atoms with Gasteiger partial charge in [-0.1, -0.05) is 0 Å². The molecule has 0 unspecified atom stereocenters. The van der Waals surface area contributed by atoms with Crippen LogP contribution in [0.1, 0.15) is 10.4 Å². The molecule has 0 aliphatic rings. The van der Waals surface area contributed by atoms with Crippen molar-refractivity contribution in [2.75, 3.05) is 11.5 Å². The third-order valence-corrected chi connectivity index (χ3v) is 1.58. The average Bonchev–Trinajstić information content (AvgIpc) is 2.07. The molecular weight excluding hydrogens is 172 g/mol. The number of benzene rings is 1. The first-order chi connectivity index (χ1) is 6.07. The predicted molar refractivity (Wildman–Crippen MR) is 48.6 cm³/mol. The Kier molecular flexibility index (Phi) is 2.25. The third-order valence-electron chi connectivity index (χ3n) is 1.58. The van der Waals surface area contributed by atoms with Gasteiger partial charge in [0, 0.05) is 5.69 Å². The Morgan fingerprint density at radius 3 is 2.15 bits per heavy atom. The summed E-state index contributed by atoms with van der Waals surface area (Å²) in [4.78, 5) is 15.3. The number of nitrogen functional groups attached to an aromatic ring is 2. The third kappa shape index (κ3) is 1.47. The zero-order chi connectivity index (χ0) is 10.0. The van der Waals surface area contributed by atoms with Crippen molar-refractivity contribution in [3.05, 3.63) is 17.7 Å². The number of primary amides is 1. The van der Waals surface area contributed by atoms with Crippen LogP contribution in [-0.2, 0) is 0 Å². The zero-order valence-corrected chi connectivity index (χ0v) is 6.78. The molecule has 0 saturated carbocycles. The molecule has 1 aromatic rings. The highest BCUT2D eigenvalue weighted by Gasteiger charge is 2.15. The van der Waals surface area contributed by atoms with E-state index in [1.54, 1.807) is 0 Å². The van der Waals surface area contributed by atoms with E-state index < -0.39 is 5.91 Å². The van der Waals surface area contributed by atoms with E-state index in [-0.39, 0.29) is 22.7 Å². The lowest BCUT2D eigenvalue weighted by Crippen LogP contribution is -2.18. The van der Waals surface area contributed by atoms with Gasteiger partial charge in [-0.2, -0.15) is 5.90 Å². The van der Waals surface area contributed by atoms with Gasteiger partial charge in [0.1, 0.15) is 5.56 Å². The van der Waals surface area contributed by atoms with Crippen molar-refractivity contribution in [2.45, 2.75) is 0 Å². The van der Waals surface area contributed by atoms with Gasteiger partial charge in [0.05, 0.1) is 5.69 Å². The van der Waals surface area contributed by atoms with Gasteiger partial charge in [-0.15, -0.1) is 0 Å². The minimum absolute atomic E-state index is 0.00231. The van der Waals surface area contributed by atoms with Crippen molar-refractivity contribution in [2.24, 2.45) is 11.6 Å².